The maximum atomic E-state index is 11.9. The second-order valence-corrected chi connectivity index (χ2v) is 8.06. The Kier molecular flexibility index (Phi) is 5.67. The van der Waals surface area contributed by atoms with E-state index >= 15 is 0 Å². The van der Waals surface area contributed by atoms with Crippen LogP contribution in [-0.4, -0.2) is 48.6 Å². The minimum atomic E-state index is -0.420. The van der Waals surface area contributed by atoms with Crippen LogP contribution in [0.4, 0.5) is 6.01 Å². The van der Waals surface area contributed by atoms with E-state index in [-0.39, 0.29) is 11.1 Å². The molecule has 0 N–H and O–H groups in total. The van der Waals surface area contributed by atoms with E-state index in [1.54, 1.807) is 6.92 Å². The van der Waals surface area contributed by atoms with Gasteiger partial charge in [0.25, 0.3) is 6.01 Å². The molecular weight excluding hydrogens is 354 g/mol. The van der Waals surface area contributed by atoms with Crippen LogP contribution in [0.25, 0.3) is 0 Å². The molecule has 2 saturated heterocycles. The average Bonchev–Trinajstić information content (AvgIpc) is 3.20. The number of esters is 1. The number of piperidine rings is 2. The zero-order valence-electron chi connectivity index (χ0n) is 16.6. The zero-order valence-corrected chi connectivity index (χ0v) is 16.6. The molecule has 150 valence electrons. The quantitative estimate of drug-likeness (QED) is 0.733. The van der Waals surface area contributed by atoms with Crippen LogP contribution in [0.5, 0.6) is 0 Å². The Labute approximate surface area is 166 Å². The predicted octanol–water partition coefficient (Wildman–Crippen LogP) is 3.73. The first kappa shape index (κ1) is 19.0. The third kappa shape index (κ3) is 4.22. The molecule has 3 heterocycles. The number of hydrogen-bond acceptors (Lipinski definition) is 6. The van der Waals surface area contributed by atoms with E-state index in [1.165, 1.54) is 31.1 Å². The highest BCUT2D eigenvalue weighted by molar-refractivity contribution is 5.87. The summed E-state index contributed by atoms with van der Waals surface area (Å²) in [6.45, 7) is 7.24. The Bertz CT molecular complexity index is 787. The van der Waals surface area contributed by atoms with Gasteiger partial charge < -0.3 is 14.1 Å². The van der Waals surface area contributed by atoms with E-state index in [0.29, 0.717) is 12.6 Å². The fraction of sp³-hybridized carbons (Fsp3) is 0.545. The molecule has 6 heteroatoms. The summed E-state index contributed by atoms with van der Waals surface area (Å²) in [4.78, 5) is 21.1. The van der Waals surface area contributed by atoms with Crippen molar-refractivity contribution >= 4 is 12.0 Å². The minimum Gasteiger partial charge on any atom is -0.461 e. The van der Waals surface area contributed by atoms with Crippen molar-refractivity contribution in [1.29, 1.82) is 0 Å². The van der Waals surface area contributed by atoms with Crippen molar-refractivity contribution in [3.63, 3.8) is 0 Å². The first-order valence-corrected chi connectivity index (χ1v) is 10.3. The van der Waals surface area contributed by atoms with Gasteiger partial charge in [-0.3, -0.25) is 4.90 Å². The second-order valence-electron chi connectivity index (χ2n) is 8.06. The number of anilines is 1. The molecule has 28 heavy (non-hydrogen) atoms. The number of oxazole rings is 1. The molecule has 6 nitrogen and oxygen atoms in total. The molecule has 2 aliphatic rings. The fourth-order valence-corrected chi connectivity index (χ4v) is 4.70. The summed E-state index contributed by atoms with van der Waals surface area (Å²) >= 11 is 0. The Morgan fingerprint density at radius 2 is 1.96 bits per heavy atom. The fourth-order valence-electron chi connectivity index (χ4n) is 4.70. The lowest BCUT2D eigenvalue weighted by Crippen LogP contribution is -2.52. The molecule has 0 amide bonds. The average molecular weight is 383 g/mol. The molecule has 2 fully saturated rings. The van der Waals surface area contributed by atoms with E-state index < -0.39 is 5.97 Å². The van der Waals surface area contributed by atoms with Crippen molar-refractivity contribution in [2.24, 2.45) is 5.41 Å². The lowest BCUT2D eigenvalue weighted by molar-refractivity contribution is 0.0519. The number of hydrogen-bond donors (Lipinski definition) is 0. The highest BCUT2D eigenvalue weighted by Gasteiger charge is 2.40. The summed E-state index contributed by atoms with van der Waals surface area (Å²) in [5.74, 6) is -0.420. The van der Waals surface area contributed by atoms with E-state index in [4.69, 9.17) is 9.15 Å². The van der Waals surface area contributed by atoms with Gasteiger partial charge in [0, 0.05) is 31.6 Å². The van der Waals surface area contributed by atoms with Crippen LogP contribution in [-0.2, 0) is 11.3 Å². The summed E-state index contributed by atoms with van der Waals surface area (Å²) in [7, 11) is 0. The van der Waals surface area contributed by atoms with Crippen LogP contribution >= 0.6 is 0 Å². The van der Waals surface area contributed by atoms with Crippen molar-refractivity contribution < 1.29 is 13.9 Å². The standard InChI is InChI=1S/C22H29N3O3/c1-2-27-20(26)19-15-28-21(23-19)25-13-7-11-22(17-25)10-6-12-24(16-22)14-18-8-4-3-5-9-18/h3-5,8-9,15H,2,6-7,10-14,16-17H2,1H3/t22-/m1/s1. The summed E-state index contributed by atoms with van der Waals surface area (Å²) in [6, 6.07) is 11.3. The van der Waals surface area contributed by atoms with Gasteiger partial charge in [-0.1, -0.05) is 30.3 Å². The smallest absolute Gasteiger partial charge is 0.360 e. The number of ether oxygens (including phenoxy) is 1. The number of carbonyl (C=O) groups excluding carboxylic acids is 1. The third-order valence-electron chi connectivity index (χ3n) is 5.90. The van der Waals surface area contributed by atoms with Gasteiger partial charge in [-0.2, -0.15) is 4.98 Å². The van der Waals surface area contributed by atoms with Crippen LogP contribution in [0.15, 0.2) is 41.0 Å². The number of benzene rings is 1. The second kappa shape index (κ2) is 8.35. The van der Waals surface area contributed by atoms with Crippen molar-refractivity contribution in [2.75, 3.05) is 37.7 Å². The summed E-state index contributed by atoms with van der Waals surface area (Å²) in [6.07, 6.45) is 6.23. The highest BCUT2D eigenvalue weighted by atomic mass is 16.5. The SMILES string of the molecule is CCOC(=O)c1coc(N2CCC[C@@]3(CCCN(Cc4ccccc4)C3)C2)n1. The van der Waals surface area contributed by atoms with Gasteiger partial charge in [0.15, 0.2) is 5.69 Å². The molecule has 2 aliphatic heterocycles. The molecule has 0 aliphatic carbocycles. The lowest BCUT2D eigenvalue weighted by atomic mass is 9.73. The van der Waals surface area contributed by atoms with Crippen LogP contribution in [0.1, 0.15) is 48.7 Å². The Balaban J connectivity index is 1.43. The van der Waals surface area contributed by atoms with Crippen molar-refractivity contribution in [1.82, 2.24) is 9.88 Å². The normalized spacial score (nSPS) is 23.1. The van der Waals surface area contributed by atoms with E-state index in [2.05, 4.69) is 45.1 Å². The molecule has 0 unspecified atom stereocenters. The maximum Gasteiger partial charge on any atom is 0.360 e. The molecule has 0 saturated carbocycles. The summed E-state index contributed by atoms with van der Waals surface area (Å²) < 4.78 is 10.7. The Morgan fingerprint density at radius 3 is 2.75 bits per heavy atom. The van der Waals surface area contributed by atoms with E-state index in [9.17, 15) is 4.79 Å². The summed E-state index contributed by atoms with van der Waals surface area (Å²) in [5.41, 5.74) is 1.90. The van der Waals surface area contributed by atoms with Gasteiger partial charge in [0.1, 0.15) is 6.26 Å². The third-order valence-corrected chi connectivity index (χ3v) is 5.90. The van der Waals surface area contributed by atoms with Gasteiger partial charge in [-0.05, 0) is 44.7 Å². The monoisotopic (exact) mass is 383 g/mol. The van der Waals surface area contributed by atoms with Crippen molar-refractivity contribution in [2.45, 2.75) is 39.2 Å². The predicted molar refractivity (Wildman–Crippen MR) is 107 cm³/mol. The Hall–Kier alpha value is -2.34. The first-order valence-electron chi connectivity index (χ1n) is 10.3. The van der Waals surface area contributed by atoms with Crippen LogP contribution in [0, 0.1) is 5.41 Å². The Morgan fingerprint density at radius 1 is 1.18 bits per heavy atom. The van der Waals surface area contributed by atoms with Gasteiger partial charge in [0.05, 0.1) is 6.61 Å². The first-order chi connectivity index (χ1) is 13.7. The molecule has 2 aromatic rings. The number of nitrogens with zero attached hydrogens (tertiary/aromatic N) is 3. The molecule has 0 bridgehead atoms. The molecule has 1 aromatic heterocycles. The molecule has 1 atom stereocenters. The van der Waals surface area contributed by atoms with E-state index in [1.807, 2.05) is 0 Å². The van der Waals surface area contributed by atoms with E-state index in [0.717, 1.165) is 39.1 Å². The largest absolute Gasteiger partial charge is 0.461 e. The molecule has 4 rings (SSSR count). The zero-order chi connectivity index (χ0) is 19.4. The van der Waals surface area contributed by atoms with Gasteiger partial charge >= 0.3 is 5.97 Å². The number of carbonyl (C=O) groups is 1. The lowest BCUT2D eigenvalue weighted by Gasteiger charge is -2.48. The topological polar surface area (TPSA) is 58.8 Å². The van der Waals surface area contributed by atoms with Crippen LogP contribution < -0.4 is 4.90 Å². The number of rotatable bonds is 5. The molecule has 1 spiro atoms. The minimum absolute atomic E-state index is 0.255. The number of aromatic nitrogens is 1. The molecular formula is C22H29N3O3. The molecule has 0 radical (unpaired) electrons. The highest BCUT2D eigenvalue weighted by Crippen LogP contribution is 2.40. The van der Waals surface area contributed by atoms with Gasteiger partial charge in [0.2, 0.25) is 0 Å². The van der Waals surface area contributed by atoms with Crippen LogP contribution in [0.3, 0.4) is 0 Å². The number of likely N-dealkylation sites (tertiary alicyclic amines) is 1. The maximum absolute atomic E-state index is 11.9. The van der Waals surface area contributed by atoms with Crippen molar-refractivity contribution in [3.05, 3.63) is 47.9 Å². The van der Waals surface area contributed by atoms with Gasteiger partial charge in [-0.15, -0.1) is 0 Å². The van der Waals surface area contributed by atoms with Crippen LogP contribution in [0.2, 0.25) is 0 Å². The van der Waals surface area contributed by atoms with Crippen molar-refractivity contribution in [3.8, 4) is 0 Å². The summed E-state index contributed by atoms with van der Waals surface area (Å²) in [5, 5.41) is 0. The molecule has 1 aromatic carbocycles. The van der Waals surface area contributed by atoms with Gasteiger partial charge in [-0.25, -0.2) is 4.79 Å².